The van der Waals surface area contributed by atoms with Gasteiger partial charge in [-0.1, -0.05) is 71.9 Å². The zero-order chi connectivity index (χ0) is 15.4. The Balaban J connectivity index is 2.53. The Bertz CT molecular complexity index is 807. The van der Waals surface area contributed by atoms with Crippen LogP contribution in [0.5, 0.6) is 0 Å². The molecule has 0 spiro atoms. The molecule has 0 amide bonds. The zero-order valence-corrected chi connectivity index (χ0v) is 13.9. The molecule has 0 atom stereocenters. The first-order chi connectivity index (χ1) is 9.69. The summed E-state index contributed by atoms with van der Waals surface area (Å²) >= 11 is 0. The van der Waals surface area contributed by atoms with Gasteiger partial charge in [0, 0.05) is 16.3 Å². The number of rotatable bonds is 0. The lowest BCUT2D eigenvalue weighted by molar-refractivity contribution is 0.566. The van der Waals surface area contributed by atoms with Crippen molar-refractivity contribution in [2.24, 2.45) is 0 Å². The van der Waals surface area contributed by atoms with E-state index in [1.165, 1.54) is 21.9 Å². The van der Waals surface area contributed by atoms with E-state index in [1.54, 1.807) is 0 Å². The van der Waals surface area contributed by atoms with Gasteiger partial charge in [0.25, 0.3) is 0 Å². The fourth-order valence-corrected chi connectivity index (χ4v) is 3.04. The molecule has 2 aromatic carbocycles. The standard InChI is InChI=1S/C20H24O/c1-19(2,3)14-11-12-15(20(4,5)6)18-17(14)13-9-7-8-10-16(13)21-18/h7-12H,1-6H3. The predicted octanol–water partition coefficient (Wildman–Crippen LogP) is 6.18. The Hall–Kier alpha value is -1.76. The molecule has 0 fully saturated rings. The van der Waals surface area contributed by atoms with Gasteiger partial charge in [0.2, 0.25) is 0 Å². The Morgan fingerprint density at radius 2 is 1.29 bits per heavy atom. The van der Waals surface area contributed by atoms with Crippen LogP contribution >= 0.6 is 0 Å². The normalized spacial score (nSPS) is 13.2. The molecule has 1 aromatic heterocycles. The maximum Gasteiger partial charge on any atom is 0.139 e. The molecule has 0 radical (unpaired) electrons. The summed E-state index contributed by atoms with van der Waals surface area (Å²) in [6.07, 6.45) is 0. The lowest BCUT2D eigenvalue weighted by Crippen LogP contribution is -2.15. The molecule has 0 saturated heterocycles. The molecule has 0 N–H and O–H groups in total. The van der Waals surface area contributed by atoms with Gasteiger partial charge in [0.15, 0.2) is 0 Å². The minimum Gasteiger partial charge on any atom is -0.456 e. The first kappa shape index (κ1) is 14.2. The molecule has 1 heterocycles. The average Bonchev–Trinajstić information content (AvgIpc) is 2.74. The quantitative estimate of drug-likeness (QED) is 0.479. The van der Waals surface area contributed by atoms with Gasteiger partial charge in [-0.2, -0.15) is 0 Å². The SMILES string of the molecule is CC(C)(C)c1ccc(C(C)(C)C)c2c1oc1ccccc12. The van der Waals surface area contributed by atoms with Gasteiger partial charge in [0.05, 0.1) is 0 Å². The van der Waals surface area contributed by atoms with Gasteiger partial charge in [-0.25, -0.2) is 0 Å². The maximum atomic E-state index is 6.25. The largest absolute Gasteiger partial charge is 0.456 e. The van der Waals surface area contributed by atoms with Crippen LogP contribution in [-0.2, 0) is 10.8 Å². The first-order valence-corrected chi connectivity index (χ1v) is 7.65. The van der Waals surface area contributed by atoms with Crippen LogP contribution in [0.4, 0.5) is 0 Å². The third-order valence-corrected chi connectivity index (χ3v) is 4.14. The first-order valence-electron chi connectivity index (χ1n) is 7.65. The molecule has 0 aliphatic carbocycles. The molecule has 0 bridgehead atoms. The van der Waals surface area contributed by atoms with E-state index in [9.17, 15) is 0 Å². The van der Waals surface area contributed by atoms with Gasteiger partial charge in [0.1, 0.15) is 11.2 Å². The highest BCUT2D eigenvalue weighted by atomic mass is 16.3. The van der Waals surface area contributed by atoms with E-state index in [2.05, 4.69) is 71.9 Å². The number of benzene rings is 2. The topological polar surface area (TPSA) is 13.1 Å². The van der Waals surface area contributed by atoms with Crippen LogP contribution in [-0.4, -0.2) is 0 Å². The van der Waals surface area contributed by atoms with E-state index in [-0.39, 0.29) is 10.8 Å². The second kappa shape index (κ2) is 4.37. The van der Waals surface area contributed by atoms with Crippen molar-refractivity contribution in [2.75, 3.05) is 0 Å². The van der Waals surface area contributed by atoms with E-state index in [0.717, 1.165) is 11.2 Å². The summed E-state index contributed by atoms with van der Waals surface area (Å²) in [5.74, 6) is 0. The van der Waals surface area contributed by atoms with Crippen molar-refractivity contribution in [3.8, 4) is 0 Å². The minimum atomic E-state index is 0.0720. The molecule has 0 saturated carbocycles. The number of hydrogen-bond acceptors (Lipinski definition) is 1. The van der Waals surface area contributed by atoms with Crippen molar-refractivity contribution >= 4 is 21.9 Å². The molecule has 0 aliphatic rings. The smallest absolute Gasteiger partial charge is 0.139 e. The minimum absolute atomic E-state index is 0.0720. The number of furan rings is 1. The second-order valence-corrected chi connectivity index (χ2v) is 7.96. The van der Waals surface area contributed by atoms with Crippen LogP contribution in [0.15, 0.2) is 40.8 Å². The van der Waals surface area contributed by atoms with Gasteiger partial charge < -0.3 is 4.42 Å². The van der Waals surface area contributed by atoms with Gasteiger partial charge in [-0.3, -0.25) is 0 Å². The van der Waals surface area contributed by atoms with Crippen molar-refractivity contribution in [1.29, 1.82) is 0 Å². The molecule has 0 unspecified atom stereocenters. The monoisotopic (exact) mass is 280 g/mol. The van der Waals surface area contributed by atoms with Gasteiger partial charge in [-0.15, -0.1) is 0 Å². The van der Waals surface area contributed by atoms with Crippen LogP contribution in [0.25, 0.3) is 21.9 Å². The summed E-state index contributed by atoms with van der Waals surface area (Å²) in [6.45, 7) is 13.5. The van der Waals surface area contributed by atoms with E-state index in [4.69, 9.17) is 4.42 Å². The molecular formula is C20H24O. The van der Waals surface area contributed by atoms with E-state index >= 15 is 0 Å². The van der Waals surface area contributed by atoms with Gasteiger partial charge >= 0.3 is 0 Å². The van der Waals surface area contributed by atoms with E-state index in [1.807, 2.05) is 6.07 Å². The Morgan fingerprint density at radius 3 is 1.90 bits per heavy atom. The fraction of sp³-hybridized carbons (Fsp3) is 0.400. The lowest BCUT2D eigenvalue weighted by atomic mass is 9.79. The van der Waals surface area contributed by atoms with E-state index < -0.39 is 0 Å². The summed E-state index contributed by atoms with van der Waals surface area (Å²) in [4.78, 5) is 0. The molecule has 1 nitrogen and oxygen atoms in total. The van der Waals surface area contributed by atoms with Gasteiger partial charge in [-0.05, 0) is 22.5 Å². The third kappa shape index (κ3) is 2.25. The maximum absolute atomic E-state index is 6.25. The van der Waals surface area contributed by atoms with Crippen molar-refractivity contribution in [3.63, 3.8) is 0 Å². The molecular weight excluding hydrogens is 256 g/mol. The fourth-order valence-electron chi connectivity index (χ4n) is 3.04. The summed E-state index contributed by atoms with van der Waals surface area (Å²) in [5, 5.41) is 2.51. The summed E-state index contributed by atoms with van der Waals surface area (Å²) in [7, 11) is 0. The zero-order valence-electron chi connectivity index (χ0n) is 13.9. The van der Waals surface area contributed by atoms with Crippen LogP contribution in [0, 0.1) is 0 Å². The molecule has 3 rings (SSSR count). The highest BCUT2D eigenvalue weighted by Gasteiger charge is 2.26. The van der Waals surface area contributed by atoms with Crippen LogP contribution < -0.4 is 0 Å². The Kier molecular flexibility index (Phi) is 2.95. The summed E-state index contributed by atoms with van der Waals surface area (Å²) in [5.41, 5.74) is 4.84. The number of fused-ring (bicyclic) bond motifs is 3. The van der Waals surface area contributed by atoms with Crippen molar-refractivity contribution in [1.82, 2.24) is 0 Å². The van der Waals surface area contributed by atoms with Crippen LogP contribution in [0.3, 0.4) is 0 Å². The molecule has 110 valence electrons. The number of hydrogen-bond donors (Lipinski definition) is 0. The van der Waals surface area contributed by atoms with Crippen LogP contribution in [0.2, 0.25) is 0 Å². The Labute approximate surface area is 127 Å². The molecule has 3 aromatic rings. The second-order valence-electron chi connectivity index (χ2n) is 7.96. The summed E-state index contributed by atoms with van der Waals surface area (Å²) in [6, 6.07) is 12.9. The molecule has 21 heavy (non-hydrogen) atoms. The Morgan fingerprint density at radius 1 is 0.714 bits per heavy atom. The summed E-state index contributed by atoms with van der Waals surface area (Å²) < 4.78 is 6.25. The van der Waals surface area contributed by atoms with E-state index in [0.29, 0.717) is 0 Å². The van der Waals surface area contributed by atoms with Crippen molar-refractivity contribution in [3.05, 3.63) is 47.5 Å². The predicted molar refractivity (Wildman–Crippen MR) is 91.1 cm³/mol. The average molecular weight is 280 g/mol. The van der Waals surface area contributed by atoms with Crippen LogP contribution in [0.1, 0.15) is 52.7 Å². The third-order valence-electron chi connectivity index (χ3n) is 4.14. The lowest BCUT2D eigenvalue weighted by Gasteiger charge is -2.24. The molecule has 1 heteroatoms. The van der Waals surface area contributed by atoms with Crippen molar-refractivity contribution in [2.45, 2.75) is 52.4 Å². The number of para-hydroxylation sites is 1. The highest BCUT2D eigenvalue weighted by Crippen LogP contribution is 2.41. The highest BCUT2D eigenvalue weighted by molar-refractivity contribution is 6.08. The van der Waals surface area contributed by atoms with Crippen molar-refractivity contribution < 1.29 is 4.42 Å². The molecule has 0 aliphatic heterocycles.